The number of carbonyl (C=O) groups is 2. The van der Waals surface area contributed by atoms with E-state index in [0.717, 1.165) is 11.1 Å². The Hall–Kier alpha value is -4.06. The van der Waals surface area contributed by atoms with Gasteiger partial charge >= 0.3 is 0 Å². The molecule has 1 unspecified atom stereocenters. The highest BCUT2D eigenvalue weighted by molar-refractivity contribution is 6.51. The van der Waals surface area contributed by atoms with Crippen molar-refractivity contribution in [2.75, 3.05) is 11.5 Å². The zero-order valence-electron chi connectivity index (χ0n) is 22.8. The lowest BCUT2D eigenvalue weighted by atomic mass is 9.94. The van der Waals surface area contributed by atoms with Crippen LogP contribution in [0.15, 0.2) is 72.3 Å². The molecule has 0 aromatic heterocycles. The van der Waals surface area contributed by atoms with Crippen molar-refractivity contribution in [2.45, 2.75) is 53.7 Å². The molecule has 1 heterocycles. The van der Waals surface area contributed by atoms with Gasteiger partial charge in [-0.05, 0) is 92.8 Å². The summed E-state index contributed by atoms with van der Waals surface area (Å²) in [6.45, 7) is 12.4. The first-order valence-electron chi connectivity index (χ1n) is 12.9. The maximum absolute atomic E-state index is 13.5. The van der Waals surface area contributed by atoms with Crippen molar-refractivity contribution in [3.63, 3.8) is 0 Å². The Morgan fingerprint density at radius 1 is 0.947 bits per heavy atom. The molecular weight excluding hydrogens is 478 g/mol. The highest BCUT2D eigenvalue weighted by Gasteiger charge is 2.47. The molecular formula is C32H35NO5. The number of benzene rings is 3. The summed E-state index contributed by atoms with van der Waals surface area (Å²) in [7, 11) is 0. The van der Waals surface area contributed by atoms with Gasteiger partial charge in [0.2, 0.25) is 0 Å². The number of hydrogen-bond acceptors (Lipinski definition) is 5. The van der Waals surface area contributed by atoms with Crippen LogP contribution in [-0.4, -0.2) is 29.5 Å². The number of Topliss-reactive ketones (excluding diaryl/α,β-unsaturated/α-hetero) is 1. The van der Waals surface area contributed by atoms with Crippen LogP contribution in [0.1, 0.15) is 56.0 Å². The minimum Gasteiger partial charge on any atom is -0.507 e. The number of nitrogens with zero attached hydrogens (tertiary/aromatic N) is 1. The molecule has 198 valence electrons. The zero-order valence-corrected chi connectivity index (χ0v) is 22.8. The Bertz CT molecular complexity index is 1370. The van der Waals surface area contributed by atoms with Crippen molar-refractivity contribution in [3.8, 4) is 11.5 Å². The van der Waals surface area contributed by atoms with E-state index < -0.39 is 17.7 Å². The molecule has 3 aromatic rings. The summed E-state index contributed by atoms with van der Waals surface area (Å²) in [5.74, 6) is 0.149. The normalized spacial score (nSPS) is 16.9. The number of aliphatic hydroxyl groups excluding tert-OH is 1. The van der Waals surface area contributed by atoms with Gasteiger partial charge in [-0.25, -0.2) is 0 Å². The molecule has 1 atom stereocenters. The summed E-state index contributed by atoms with van der Waals surface area (Å²) >= 11 is 0. The van der Waals surface area contributed by atoms with Crippen molar-refractivity contribution >= 4 is 23.1 Å². The third-order valence-electron chi connectivity index (χ3n) is 6.31. The van der Waals surface area contributed by atoms with Crippen LogP contribution in [0.25, 0.3) is 5.76 Å². The van der Waals surface area contributed by atoms with Gasteiger partial charge in [0.1, 0.15) is 17.3 Å². The van der Waals surface area contributed by atoms with Crippen LogP contribution in [0, 0.1) is 19.8 Å². The Morgan fingerprint density at radius 2 is 1.66 bits per heavy atom. The van der Waals surface area contributed by atoms with E-state index in [4.69, 9.17) is 9.47 Å². The van der Waals surface area contributed by atoms with Gasteiger partial charge in [0, 0.05) is 11.3 Å². The molecule has 0 saturated carbocycles. The molecule has 3 aromatic carbocycles. The van der Waals surface area contributed by atoms with Crippen molar-refractivity contribution in [1.82, 2.24) is 0 Å². The Morgan fingerprint density at radius 3 is 2.26 bits per heavy atom. The molecule has 0 spiro atoms. The number of ketones is 1. The number of hydrogen-bond donors (Lipinski definition) is 1. The van der Waals surface area contributed by atoms with E-state index in [-0.39, 0.29) is 17.4 Å². The number of rotatable bonds is 8. The van der Waals surface area contributed by atoms with Crippen molar-refractivity contribution in [3.05, 3.63) is 94.6 Å². The number of amides is 1. The topological polar surface area (TPSA) is 76.1 Å². The second kappa shape index (κ2) is 11.1. The smallest absolute Gasteiger partial charge is 0.300 e. The third kappa shape index (κ3) is 5.59. The summed E-state index contributed by atoms with van der Waals surface area (Å²) in [5.41, 5.74) is 3.55. The fraction of sp³-hybridized carbons (Fsp3) is 0.312. The Labute approximate surface area is 224 Å². The van der Waals surface area contributed by atoms with E-state index in [2.05, 4.69) is 13.8 Å². The van der Waals surface area contributed by atoms with E-state index >= 15 is 0 Å². The van der Waals surface area contributed by atoms with Gasteiger partial charge in [0.05, 0.1) is 24.3 Å². The van der Waals surface area contributed by atoms with Crippen LogP contribution in [0.3, 0.4) is 0 Å². The van der Waals surface area contributed by atoms with E-state index in [0.29, 0.717) is 40.8 Å². The largest absolute Gasteiger partial charge is 0.507 e. The summed E-state index contributed by atoms with van der Waals surface area (Å²) in [6.07, 6.45) is 0.000268. The first kappa shape index (κ1) is 27.0. The third-order valence-corrected chi connectivity index (χ3v) is 6.31. The standard InChI is InChI=1S/C32H35NO5/c1-19(2)18-37-26-13-10-23(11-14-26)29-28(30(34)24-12-15-27(22(6)17-24)38-20(3)4)31(35)32(36)33(29)25-9-7-8-21(5)16-25/h7-17,19-20,29,34H,18H2,1-6H3/b30-28-. The van der Waals surface area contributed by atoms with Crippen LogP contribution < -0.4 is 14.4 Å². The second-order valence-electron chi connectivity index (χ2n) is 10.4. The number of anilines is 1. The highest BCUT2D eigenvalue weighted by Crippen LogP contribution is 2.43. The number of ether oxygens (including phenoxy) is 2. The average molecular weight is 514 g/mol. The van der Waals surface area contributed by atoms with Gasteiger partial charge in [0.25, 0.3) is 11.7 Å². The van der Waals surface area contributed by atoms with Gasteiger partial charge < -0.3 is 14.6 Å². The quantitative estimate of drug-likeness (QED) is 0.205. The first-order chi connectivity index (χ1) is 18.1. The summed E-state index contributed by atoms with van der Waals surface area (Å²) in [5, 5.41) is 11.5. The maximum atomic E-state index is 13.5. The van der Waals surface area contributed by atoms with Crippen LogP contribution in [0.4, 0.5) is 5.69 Å². The lowest BCUT2D eigenvalue weighted by Crippen LogP contribution is -2.29. The average Bonchev–Trinajstić information content (AvgIpc) is 3.14. The van der Waals surface area contributed by atoms with Crippen LogP contribution in [0.2, 0.25) is 0 Å². The predicted molar refractivity (Wildman–Crippen MR) is 150 cm³/mol. The SMILES string of the molecule is Cc1cccc(N2C(=O)C(=O)/C(=C(\O)c3ccc(OC(C)C)c(C)c3)C2c2ccc(OCC(C)C)cc2)c1. The summed E-state index contributed by atoms with van der Waals surface area (Å²) in [4.78, 5) is 28.3. The van der Waals surface area contributed by atoms with Crippen LogP contribution in [0.5, 0.6) is 11.5 Å². The molecule has 0 bridgehead atoms. The van der Waals surface area contributed by atoms with Crippen molar-refractivity contribution in [2.24, 2.45) is 5.92 Å². The first-order valence-corrected chi connectivity index (χ1v) is 12.9. The molecule has 1 N–H and O–H groups in total. The molecule has 1 aliphatic rings. The molecule has 1 amide bonds. The van der Waals surface area contributed by atoms with Gasteiger partial charge in [-0.15, -0.1) is 0 Å². The number of aryl methyl sites for hydroxylation is 2. The Kier molecular flexibility index (Phi) is 7.91. The molecule has 38 heavy (non-hydrogen) atoms. The van der Waals surface area contributed by atoms with Crippen LogP contribution in [-0.2, 0) is 9.59 Å². The highest BCUT2D eigenvalue weighted by atomic mass is 16.5. The Balaban J connectivity index is 1.83. The minimum atomic E-state index is -0.803. The van der Waals surface area contributed by atoms with Crippen LogP contribution >= 0.6 is 0 Å². The van der Waals surface area contributed by atoms with Gasteiger partial charge in [-0.3, -0.25) is 14.5 Å². The lowest BCUT2D eigenvalue weighted by molar-refractivity contribution is -0.132. The number of carbonyl (C=O) groups excluding carboxylic acids is 2. The molecule has 6 heteroatoms. The fourth-order valence-corrected chi connectivity index (χ4v) is 4.54. The minimum absolute atomic E-state index is 0.000268. The molecule has 1 saturated heterocycles. The van der Waals surface area contributed by atoms with Gasteiger partial charge in [-0.1, -0.05) is 38.1 Å². The molecule has 4 rings (SSSR count). The van der Waals surface area contributed by atoms with Gasteiger partial charge in [0.15, 0.2) is 0 Å². The van der Waals surface area contributed by atoms with Crippen molar-refractivity contribution < 1.29 is 24.2 Å². The number of aliphatic hydroxyl groups is 1. The van der Waals surface area contributed by atoms with E-state index in [1.54, 1.807) is 24.3 Å². The van der Waals surface area contributed by atoms with Crippen molar-refractivity contribution in [1.29, 1.82) is 0 Å². The molecule has 0 radical (unpaired) electrons. The summed E-state index contributed by atoms with van der Waals surface area (Å²) in [6, 6.07) is 19.2. The predicted octanol–water partition coefficient (Wildman–Crippen LogP) is 6.75. The fourth-order valence-electron chi connectivity index (χ4n) is 4.54. The van der Waals surface area contributed by atoms with Gasteiger partial charge in [-0.2, -0.15) is 0 Å². The summed E-state index contributed by atoms with van der Waals surface area (Å²) < 4.78 is 11.7. The second-order valence-corrected chi connectivity index (χ2v) is 10.4. The zero-order chi connectivity index (χ0) is 27.6. The van der Waals surface area contributed by atoms with E-state index in [9.17, 15) is 14.7 Å². The maximum Gasteiger partial charge on any atom is 0.300 e. The molecule has 1 aliphatic heterocycles. The molecule has 1 fully saturated rings. The molecule has 6 nitrogen and oxygen atoms in total. The molecule has 0 aliphatic carbocycles. The lowest BCUT2D eigenvalue weighted by Gasteiger charge is -2.26. The van der Waals surface area contributed by atoms with E-state index in [1.807, 2.05) is 70.2 Å². The monoisotopic (exact) mass is 513 g/mol. The van der Waals surface area contributed by atoms with E-state index in [1.165, 1.54) is 4.90 Å².